The molecule has 24 heavy (non-hydrogen) atoms. The van der Waals surface area contributed by atoms with Crippen LogP contribution in [0.3, 0.4) is 0 Å². The molecule has 124 valence electrons. The summed E-state index contributed by atoms with van der Waals surface area (Å²) in [7, 11) is 0. The molecule has 0 spiro atoms. The van der Waals surface area contributed by atoms with Crippen molar-refractivity contribution in [2.24, 2.45) is 0 Å². The molecule has 1 aromatic heterocycles. The number of nitrogens with zero attached hydrogens (tertiary/aromatic N) is 2. The fourth-order valence-electron chi connectivity index (χ4n) is 2.82. The number of hydrogen-bond donors (Lipinski definition) is 2. The van der Waals surface area contributed by atoms with Gasteiger partial charge >= 0.3 is 0 Å². The lowest BCUT2D eigenvalue weighted by atomic mass is 10.1. The summed E-state index contributed by atoms with van der Waals surface area (Å²) in [5, 5.41) is 5.79. The average molecular weight is 324 g/mol. The zero-order valence-corrected chi connectivity index (χ0v) is 13.6. The van der Waals surface area contributed by atoms with Gasteiger partial charge in [0.25, 0.3) is 11.8 Å². The molecule has 0 aliphatic heterocycles. The Balaban J connectivity index is 1.74. The molecule has 2 N–H and O–H groups in total. The number of carbonyl (C=O) groups is 2. The third-order valence-corrected chi connectivity index (χ3v) is 4.12. The fraction of sp³-hybridized carbons (Fsp3) is 0.333. The Hall–Kier alpha value is -2.76. The van der Waals surface area contributed by atoms with Crippen LogP contribution < -0.4 is 10.6 Å². The van der Waals surface area contributed by atoms with Crippen LogP contribution in [0.1, 0.15) is 52.2 Å². The second kappa shape index (κ2) is 7.21. The molecule has 6 nitrogen and oxygen atoms in total. The number of aryl methyl sites for hydroxylation is 1. The van der Waals surface area contributed by atoms with Crippen LogP contribution in [0.15, 0.2) is 36.7 Å². The van der Waals surface area contributed by atoms with Crippen molar-refractivity contribution >= 4 is 17.5 Å². The smallest absolute Gasteiger partial charge is 0.275 e. The summed E-state index contributed by atoms with van der Waals surface area (Å²) in [6, 6.07) is 7.21. The number of benzene rings is 1. The standard InChI is InChI=1S/C18H20N4O2/c1-12-10-20-16(11-19-12)18(24)22-15-9-5-4-8-14(15)17(23)21-13-6-2-3-7-13/h4-5,8-11,13H,2-3,6-7H2,1H3,(H,21,23)(H,22,24). The molecule has 0 radical (unpaired) electrons. The van der Waals surface area contributed by atoms with Crippen molar-refractivity contribution in [3.8, 4) is 0 Å². The van der Waals surface area contributed by atoms with Gasteiger partial charge in [-0.1, -0.05) is 25.0 Å². The van der Waals surface area contributed by atoms with E-state index in [1.807, 2.05) is 0 Å². The predicted octanol–water partition coefficient (Wildman–Crippen LogP) is 2.71. The SMILES string of the molecule is Cc1cnc(C(=O)Nc2ccccc2C(=O)NC2CCCC2)cn1. The second-order valence-electron chi connectivity index (χ2n) is 6.00. The van der Waals surface area contributed by atoms with E-state index >= 15 is 0 Å². The van der Waals surface area contributed by atoms with E-state index in [1.54, 1.807) is 31.2 Å². The maximum Gasteiger partial charge on any atom is 0.275 e. The first-order chi connectivity index (χ1) is 11.6. The summed E-state index contributed by atoms with van der Waals surface area (Å²) in [4.78, 5) is 32.9. The monoisotopic (exact) mass is 324 g/mol. The van der Waals surface area contributed by atoms with E-state index in [-0.39, 0.29) is 23.6 Å². The van der Waals surface area contributed by atoms with Gasteiger partial charge in [-0.2, -0.15) is 0 Å². The number of anilines is 1. The molecule has 0 bridgehead atoms. The molecular formula is C18H20N4O2. The number of hydrogen-bond acceptors (Lipinski definition) is 4. The van der Waals surface area contributed by atoms with E-state index in [0.717, 1.165) is 31.4 Å². The van der Waals surface area contributed by atoms with Crippen LogP contribution in [0, 0.1) is 6.92 Å². The van der Waals surface area contributed by atoms with E-state index in [2.05, 4.69) is 20.6 Å². The largest absolute Gasteiger partial charge is 0.349 e. The van der Waals surface area contributed by atoms with Gasteiger partial charge in [0.15, 0.2) is 0 Å². The molecule has 6 heteroatoms. The number of amides is 2. The van der Waals surface area contributed by atoms with Crippen LogP contribution in [0.4, 0.5) is 5.69 Å². The van der Waals surface area contributed by atoms with Crippen LogP contribution in [-0.2, 0) is 0 Å². The van der Waals surface area contributed by atoms with Crippen molar-refractivity contribution in [2.75, 3.05) is 5.32 Å². The molecule has 1 aromatic carbocycles. The van der Waals surface area contributed by atoms with Crippen molar-refractivity contribution in [3.05, 3.63) is 53.6 Å². The maximum atomic E-state index is 12.5. The van der Waals surface area contributed by atoms with E-state index in [4.69, 9.17) is 0 Å². The third-order valence-electron chi connectivity index (χ3n) is 4.12. The van der Waals surface area contributed by atoms with Crippen LogP contribution in [0.25, 0.3) is 0 Å². The van der Waals surface area contributed by atoms with Crippen LogP contribution in [0.5, 0.6) is 0 Å². The Bertz CT molecular complexity index is 737. The summed E-state index contributed by atoms with van der Waals surface area (Å²) >= 11 is 0. The normalized spacial score (nSPS) is 14.4. The number of aromatic nitrogens is 2. The Morgan fingerprint density at radius 1 is 1.04 bits per heavy atom. The number of carbonyl (C=O) groups excluding carboxylic acids is 2. The minimum Gasteiger partial charge on any atom is -0.349 e. The lowest BCUT2D eigenvalue weighted by molar-refractivity contribution is 0.0939. The summed E-state index contributed by atoms with van der Waals surface area (Å²) < 4.78 is 0. The Morgan fingerprint density at radius 3 is 2.50 bits per heavy atom. The molecule has 1 aliphatic carbocycles. The minimum atomic E-state index is -0.386. The highest BCUT2D eigenvalue weighted by Crippen LogP contribution is 2.20. The van der Waals surface area contributed by atoms with Crippen molar-refractivity contribution in [1.29, 1.82) is 0 Å². The molecule has 0 saturated heterocycles. The lowest BCUT2D eigenvalue weighted by Gasteiger charge is -2.14. The number of rotatable bonds is 4. The zero-order valence-electron chi connectivity index (χ0n) is 13.6. The van der Waals surface area contributed by atoms with Gasteiger partial charge in [0, 0.05) is 12.2 Å². The summed E-state index contributed by atoms with van der Waals surface area (Å²) in [6.45, 7) is 1.80. The Morgan fingerprint density at radius 2 is 1.79 bits per heavy atom. The molecular weight excluding hydrogens is 304 g/mol. The van der Waals surface area contributed by atoms with Gasteiger partial charge in [-0.25, -0.2) is 4.98 Å². The zero-order chi connectivity index (χ0) is 16.9. The number of para-hydroxylation sites is 1. The van der Waals surface area contributed by atoms with Gasteiger partial charge in [-0.15, -0.1) is 0 Å². The van der Waals surface area contributed by atoms with Gasteiger partial charge in [-0.05, 0) is 31.9 Å². The highest BCUT2D eigenvalue weighted by Gasteiger charge is 2.20. The Kier molecular flexibility index (Phi) is 4.84. The van der Waals surface area contributed by atoms with Gasteiger partial charge < -0.3 is 10.6 Å². The van der Waals surface area contributed by atoms with Crippen molar-refractivity contribution in [2.45, 2.75) is 38.6 Å². The van der Waals surface area contributed by atoms with Gasteiger partial charge in [-0.3, -0.25) is 14.6 Å². The van der Waals surface area contributed by atoms with E-state index < -0.39 is 0 Å². The summed E-state index contributed by atoms with van der Waals surface area (Å²) in [6.07, 6.45) is 7.28. The summed E-state index contributed by atoms with van der Waals surface area (Å²) in [5.41, 5.74) is 1.88. The molecule has 3 rings (SSSR count). The topological polar surface area (TPSA) is 84.0 Å². The molecule has 1 aliphatic rings. The number of nitrogens with one attached hydrogen (secondary N) is 2. The Labute approximate surface area is 140 Å². The second-order valence-corrected chi connectivity index (χ2v) is 6.00. The molecule has 0 atom stereocenters. The van der Waals surface area contributed by atoms with Gasteiger partial charge in [0.1, 0.15) is 5.69 Å². The predicted molar refractivity (Wildman–Crippen MR) is 90.9 cm³/mol. The van der Waals surface area contributed by atoms with Crippen molar-refractivity contribution in [1.82, 2.24) is 15.3 Å². The van der Waals surface area contributed by atoms with Crippen LogP contribution >= 0.6 is 0 Å². The van der Waals surface area contributed by atoms with E-state index in [0.29, 0.717) is 11.3 Å². The molecule has 1 heterocycles. The molecule has 2 aromatic rings. The highest BCUT2D eigenvalue weighted by molar-refractivity contribution is 6.08. The van der Waals surface area contributed by atoms with E-state index in [1.165, 1.54) is 12.4 Å². The molecule has 1 fully saturated rings. The average Bonchev–Trinajstić information content (AvgIpc) is 3.09. The van der Waals surface area contributed by atoms with Crippen molar-refractivity contribution in [3.63, 3.8) is 0 Å². The van der Waals surface area contributed by atoms with Crippen molar-refractivity contribution < 1.29 is 9.59 Å². The molecule has 0 unspecified atom stereocenters. The fourth-order valence-corrected chi connectivity index (χ4v) is 2.82. The summed E-state index contributed by atoms with van der Waals surface area (Å²) in [5.74, 6) is -0.545. The van der Waals surface area contributed by atoms with Crippen LogP contribution in [0.2, 0.25) is 0 Å². The van der Waals surface area contributed by atoms with Gasteiger partial charge in [0.2, 0.25) is 0 Å². The van der Waals surface area contributed by atoms with Crippen LogP contribution in [-0.4, -0.2) is 27.8 Å². The van der Waals surface area contributed by atoms with Gasteiger partial charge in [0.05, 0.1) is 23.1 Å². The van der Waals surface area contributed by atoms with E-state index in [9.17, 15) is 9.59 Å². The first kappa shape index (κ1) is 16.1. The highest BCUT2D eigenvalue weighted by atomic mass is 16.2. The molecule has 2 amide bonds. The maximum absolute atomic E-state index is 12.5. The first-order valence-electron chi connectivity index (χ1n) is 8.13. The minimum absolute atomic E-state index is 0.159. The first-order valence-corrected chi connectivity index (χ1v) is 8.13. The quantitative estimate of drug-likeness (QED) is 0.905. The molecule has 1 saturated carbocycles. The lowest BCUT2D eigenvalue weighted by Crippen LogP contribution is -2.33. The third kappa shape index (κ3) is 3.76.